The van der Waals surface area contributed by atoms with Gasteiger partial charge in [0.1, 0.15) is 10.1 Å². The van der Waals surface area contributed by atoms with Crippen LogP contribution in [0.2, 0.25) is 0 Å². The van der Waals surface area contributed by atoms with Gasteiger partial charge >= 0.3 is 29.6 Å². The van der Waals surface area contributed by atoms with Crippen LogP contribution in [-0.4, -0.2) is 13.0 Å². The number of benzene rings is 2. The summed E-state index contributed by atoms with van der Waals surface area (Å²) < 4.78 is 35.7. The topological polar surface area (TPSA) is 57.2 Å². The Labute approximate surface area is 276 Å². The standard InChI is InChI=1S/C36H60O3S.Na/c1-3-5-7-9-11-13-15-17-19-21-23-25-32-27-28-36-33(30-35(40(37,38)39)31-34(36)29-32)26-24-22-20-18-16-14-12-10-8-6-4-2;/h27-31H,3-26H2,1-2H3,(H,37,38,39);/q;+1/p-1. The molecule has 41 heavy (non-hydrogen) atoms. The van der Waals surface area contributed by atoms with Crippen LogP contribution in [0.5, 0.6) is 0 Å². The van der Waals surface area contributed by atoms with E-state index in [1.54, 1.807) is 12.1 Å². The van der Waals surface area contributed by atoms with Crippen molar-refractivity contribution in [2.45, 2.75) is 173 Å². The zero-order valence-corrected chi connectivity index (χ0v) is 29.8. The zero-order valence-electron chi connectivity index (χ0n) is 27.0. The molecule has 2 aromatic rings. The summed E-state index contributed by atoms with van der Waals surface area (Å²) in [4.78, 5) is -0.0788. The van der Waals surface area contributed by atoms with E-state index in [9.17, 15) is 13.0 Å². The molecule has 0 bridgehead atoms. The molecule has 3 nitrogen and oxygen atoms in total. The summed E-state index contributed by atoms with van der Waals surface area (Å²) in [6.07, 6.45) is 30.6. The molecule has 0 atom stereocenters. The first kappa shape index (κ1) is 38.6. The minimum atomic E-state index is -4.47. The van der Waals surface area contributed by atoms with Crippen LogP contribution >= 0.6 is 0 Å². The first-order chi connectivity index (χ1) is 19.5. The van der Waals surface area contributed by atoms with Gasteiger partial charge in [-0.3, -0.25) is 0 Å². The number of fused-ring (bicyclic) bond motifs is 1. The van der Waals surface area contributed by atoms with Crippen LogP contribution in [0, 0.1) is 0 Å². The van der Waals surface area contributed by atoms with Crippen molar-refractivity contribution in [3.8, 4) is 0 Å². The Bertz CT molecular complexity index is 1030. The van der Waals surface area contributed by atoms with Gasteiger partial charge in [-0.05, 0) is 59.7 Å². The first-order valence-corrected chi connectivity index (χ1v) is 18.4. The van der Waals surface area contributed by atoms with Crippen LogP contribution < -0.4 is 29.6 Å². The third-order valence-electron chi connectivity index (χ3n) is 8.48. The Morgan fingerprint density at radius 1 is 0.537 bits per heavy atom. The minimum absolute atomic E-state index is 0. The molecule has 0 saturated carbocycles. The maximum absolute atomic E-state index is 11.9. The fraction of sp³-hybridized carbons (Fsp3) is 0.722. The van der Waals surface area contributed by atoms with Crippen molar-refractivity contribution in [1.29, 1.82) is 0 Å². The van der Waals surface area contributed by atoms with Crippen molar-refractivity contribution in [3.63, 3.8) is 0 Å². The predicted molar refractivity (Wildman–Crippen MR) is 172 cm³/mol. The molecule has 0 aliphatic heterocycles. The van der Waals surface area contributed by atoms with E-state index in [0.717, 1.165) is 48.4 Å². The number of aryl methyl sites for hydroxylation is 2. The second-order valence-electron chi connectivity index (χ2n) is 12.2. The summed E-state index contributed by atoms with van der Waals surface area (Å²) in [6, 6.07) is 9.69. The van der Waals surface area contributed by atoms with Gasteiger partial charge < -0.3 is 4.55 Å². The molecular formula is C36H59NaO3S. The normalized spacial score (nSPS) is 11.7. The van der Waals surface area contributed by atoms with Crippen LogP contribution in [-0.2, 0) is 23.0 Å². The molecule has 5 heteroatoms. The predicted octanol–water partition coefficient (Wildman–Crippen LogP) is 8.45. The number of unbranched alkanes of at least 4 members (excludes halogenated alkanes) is 20. The average molecular weight is 595 g/mol. The van der Waals surface area contributed by atoms with Gasteiger partial charge in [0.25, 0.3) is 0 Å². The van der Waals surface area contributed by atoms with Gasteiger partial charge in [-0.1, -0.05) is 160 Å². The molecular weight excluding hydrogens is 535 g/mol. The van der Waals surface area contributed by atoms with E-state index in [1.165, 1.54) is 128 Å². The molecule has 0 saturated heterocycles. The monoisotopic (exact) mass is 594 g/mol. The number of hydrogen-bond acceptors (Lipinski definition) is 3. The molecule has 0 aliphatic carbocycles. The van der Waals surface area contributed by atoms with Crippen molar-refractivity contribution in [1.82, 2.24) is 0 Å². The van der Waals surface area contributed by atoms with Gasteiger partial charge in [-0.2, -0.15) is 0 Å². The Morgan fingerprint density at radius 2 is 0.951 bits per heavy atom. The summed E-state index contributed by atoms with van der Waals surface area (Å²) in [7, 11) is -4.47. The van der Waals surface area contributed by atoms with Crippen LogP contribution in [0.25, 0.3) is 10.8 Å². The van der Waals surface area contributed by atoms with Crippen molar-refractivity contribution in [3.05, 3.63) is 41.5 Å². The summed E-state index contributed by atoms with van der Waals surface area (Å²) in [5.41, 5.74) is 2.24. The van der Waals surface area contributed by atoms with Crippen molar-refractivity contribution >= 4 is 20.9 Å². The second-order valence-corrected chi connectivity index (χ2v) is 13.5. The minimum Gasteiger partial charge on any atom is -0.744 e. The SMILES string of the molecule is CCCCCCCCCCCCCc1ccc2c(CCCCCCCCCCCCC)cc(S(=O)(=O)[O-])cc2c1.[Na+]. The molecule has 0 radical (unpaired) electrons. The average Bonchev–Trinajstić information content (AvgIpc) is 2.93. The Hall–Kier alpha value is -0.390. The Kier molecular flexibility index (Phi) is 22.6. The summed E-state index contributed by atoms with van der Waals surface area (Å²) in [5, 5.41) is 2.00. The van der Waals surface area contributed by atoms with Crippen LogP contribution in [0.1, 0.15) is 166 Å². The Balaban J connectivity index is 0.00000840. The molecule has 0 heterocycles. The van der Waals surface area contributed by atoms with E-state index in [2.05, 4.69) is 32.0 Å². The second kappa shape index (κ2) is 24.0. The van der Waals surface area contributed by atoms with E-state index in [-0.39, 0.29) is 34.5 Å². The van der Waals surface area contributed by atoms with Crippen LogP contribution in [0.15, 0.2) is 35.2 Å². The van der Waals surface area contributed by atoms with E-state index >= 15 is 0 Å². The molecule has 0 unspecified atom stereocenters. The van der Waals surface area contributed by atoms with Gasteiger partial charge in [0.15, 0.2) is 0 Å². The van der Waals surface area contributed by atoms with Crippen LogP contribution in [0.3, 0.4) is 0 Å². The Morgan fingerprint density at radius 3 is 1.39 bits per heavy atom. The third kappa shape index (κ3) is 17.5. The quantitative estimate of drug-likeness (QED) is 0.0658. The fourth-order valence-electron chi connectivity index (χ4n) is 5.95. The molecule has 0 spiro atoms. The third-order valence-corrected chi connectivity index (χ3v) is 9.30. The van der Waals surface area contributed by atoms with Gasteiger partial charge in [0.05, 0.1) is 4.90 Å². The molecule has 2 aromatic carbocycles. The molecule has 0 fully saturated rings. The number of rotatable bonds is 25. The van der Waals surface area contributed by atoms with Crippen molar-refractivity contribution < 1.29 is 42.5 Å². The van der Waals surface area contributed by atoms with E-state index in [4.69, 9.17) is 0 Å². The maximum atomic E-state index is 11.9. The maximum Gasteiger partial charge on any atom is 1.00 e. The summed E-state index contributed by atoms with van der Waals surface area (Å²) in [5.74, 6) is 0. The smallest absolute Gasteiger partial charge is 0.744 e. The van der Waals surface area contributed by atoms with Gasteiger partial charge in [0, 0.05) is 0 Å². The van der Waals surface area contributed by atoms with E-state index in [0.29, 0.717) is 0 Å². The number of hydrogen-bond donors (Lipinski definition) is 0. The van der Waals surface area contributed by atoms with E-state index < -0.39 is 10.1 Å². The molecule has 0 N–H and O–H groups in total. The summed E-state index contributed by atoms with van der Waals surface area (Å²) in [6.45, 7) is 4.53. The van der Waals surface area contributed by atoms with Gasteiger partial charge in [0.2, 0.25) is 0 Å². The van der Waals surface area contributed by atoms with E-state index in [1.807, 2.05) is 0 Å². The zero-order chi connectivity index (χ0) is 28.9. The molecule has 2 rings (SSSR count). The van der Waals surface area contributed by atoms with Crippen molar-refractivity contribution in [2.75, 3.05) is 0 Å². The summed E-state index contributed by atoms with van der Waals surface area (Å²) >= 11 is 0. The molecule has 228 valence electrons. The van der Waals surface area contributed by atoms with Crippen LogP contribution in [0.4, 0.5) is 0 Å². The largest absolute Gasteiger partial charge is 1.00 e. The van der Waals surface area contributed by atoms with Gasteiger partial charge in [-0.25, -0.2) is 8.42 Å². The first-order valence-electron chi connectivity index (χ1n) is 17.0. The van der Waals surface area contributed by atoms with Gasteiger partial charge in [-0.15, -0.1) is 0 Å². The van der Waals surface area contributed by atoms with Crippen molar-refractivity contribution in [2.24, 2.45) is 0 Å². The molecule has 0 aliphatic rings. The molecule has 0 aromatic heterocycles. The fourth-order valence-corrected chi connectivity index (χ4v) is 6.51. The molecule has 0 amide bonds.